The number of alkyl halides is 3. The van der Waals surface area contributed by atoms with Crippen LogP contribution in [-0.2, 0) is 11.0 Å². The smallest absolute Gasteiger partial charge is 0.416 e. The lowest BCUT2D eigenvalue weighted by molar-refractivity contribution is -0.137. The van der Waals surface area contributed by atoms with Gasteiger partial charge in [0.1, 0.15) is 17.2 Å². The van der Waals surface area contributed by atoms with Crippen LogP contribution in [-0.4, -0.2) is 11.0 Å². The van der Waals surface area contributed by atoms with Crippen molar-refractivity contribution in [3.63, 3.8) is 0 Å². The third kappa shape index (κ3) is 3.26. The minimum Gasteiger partial charge on any atom is -0.457 e. The fraction of sp³-hybridized carbons (Fsp3) is 0.0667. The van der Waals surface area contributed by atoms with Gasteiger partial charge in [0.2, 0.25) is 0 Å². The van der Waals surface area contributed by atoms with Crippen molar-refractivity contribution in [2.45, 2.75) is 6.18 Å². The monoisotopic (exact) mass is 338 g/mol. The van der Waals surface area contributed by atoms with E-state index in [1.165, 1.54) is 18.2 Å². The van der Waals surface area contributed by atoms with Gasteiger partial charge in [0.15, 0.2) is 5.11 Å². The predicted molar refractivity (Wildman–Crippen MR) is 81.0 cm³/mol. The van der Waals surface area contributed by atoms with Gasteiger partial charge in [-0.1, -0.05) is 12.1 Å². The molecule has 0 radical (unpaired) electrons. The molecular weight excluding hydrogens is 329 g/mol. The van der Waals surface area contributed by atoms with Crippen LogP contribution >= 0.6 is 12.2 Å². The molecule has 3 rings (SSSR count). The van der Waals surface area contributed by atoms with Crippen molar-refractivity contribution in [1.82, 2.24) is 10.6 Å². The van der Waals surface area contributed by atoms with Crippen LogP contribution in [0, 0.1) is 0 Å². The van der Waals surface area contributed by atoms with Crippen LogP contribution in [0.1, 0.15) is 11.3 Å². The molecule has 118 valence electrons. The number of rotatable bonds is 2. The number of carbonyl (C=O) groups is 1. The van der Waals surface area contributed by atoms with Gasteiger partial charge in [-0.25, -0.2) is 0 Å². The number of hydrogen-bond acceptors (Lipinski definition) is 3. The summed E-state index contributed by atoms with van der Waals surface area (Å²) < 4.78 is 43.1. The Balaban J connectivity index is 1.84. The number of amides is 1. The molecule has 1 aliphatic heterocycles. The molecular formula is C15H9F3N2O2S. The second-order valence-electron chi connectivity index (χ2n) is 4.74. The van der Waals surface area contributed by atoms with Gasteiger partial charge < -0.3 is 9.73 Å². The second-order valence-corrected chi connectivity index (χ2v) is 5.15. The number of hydrogen-bond donors (Lipinski definition) is 2. The Hall–Kier alpha value is -2.61. The number of carbonyl (C=O) groups excluding carboxylic acids is 1. The first-order chi connectivity index (χ1) is 10.8. The molecule has 1 saturated heterocycles. The highest BCUT2D eigenvalue weighted by Gasteiger charge is 2.30. The van der Waals surface area contributed by atoms with Gasteiger partial charge in [-0.3, -0.25) is 10.1 Å². The number of thiocarbonyl (C=S) groups is 1. The number of nitrogens with one attached hydrogen (secondary N) is 2. The summed E-state index contributed by atoms with van der Waals surface area (Å²) in [5, 5.41) is 5.29. The van der Waals surface area contributed by atoms with Gasteiger partial charge in [0, 0.05) is 11.6 Å². The van der Waals surface area contributed by atoms with Crippen LogP contribution in [0.2, 0.25) is 0 Å². The molecule has 1 fully saturated rings. The molecule has 1 aromatic carbocycles. The first kappa shape index (κ1) is 15.3. The Bertz CT molecular complexity index is 807. The van der Waals surface area contributed by atoms with Crippen LogP contribution < -0.4 is 10.6 Å². The van der Waals surface area contributed by atoms with E-state index in [-0.39, 0.29) is 16.7 Å². The van der Waals surface area contributed by atoms with Crippen molar-refractivity contribution in [3.05, 3.63) is 53.4 Å². The zero-order valence-corrected chi connectivity index (χ0v) is 12.2. The van der Waals surface area contributed by atoms with Crippen LogP contribution in [0.5, 0.6) is 0 Å². The minimum atomic E-state index is -4.38. The fourth-order valence-electron chi connectivity index (χ4n) is 2.03. The first-order valence-electron chi connectivity index (χ1n) is 6.44. The van der Waals surface area contributed by atoms with E-state index in [1.807, 2.05) is 0 Å². The van der Waals surface area contributed by atoms with Crippen molar-refractivity contribution >= 4 is 29.3 Å². The van der Waals surface area contributed by atoms with Crippen molar-refractivity contribution < 1.29 is 22.4 Å². The Kier molecular flexibility index (Phi) is 3.69. The SMILES string of the molecule is O=C1NC(=S)NC1=Cc1ccc(-c2ccc(C(F)(F)F)cc2)o1. The Labute approximate surface area is 134 Å². The zero-order chi connectivity index (χ0) is 16.6. The highest BCUT2D eigenvalue weighted by atomic mass is 32.1. The van der Waals surface area contributed by atoms with Crippen LogP contribution in [0.3, 0.4) is 0 Å². The standard InChI is InChI=1S/C15H9F3N2O2S/c16-15(17,18)9-3-1-8(2-4-9)12-6-5-10(22-12)7-11-13(21)20-14(23)19-11/h1-7H,(H2,19,20,21,23). The highest BCUT2D eigenvalue weighted by molar-refractivity contribution is 7.80. The van der Waals surface area contributed by atoms with Crippen molar-refractivity contribution in [1.29, 1.82) is 0 Å². The first-order valence-corrected chi connectivity index (χ1v) is 6.85. The summed E-state index contributed by atoms with van der Waals surface area (Å²) in [6.07, 6.45) is -2.92. The average Bonchev–Trinajstić information content (AvgIpc) is 3.06. The third-order valence-corrected chi connectivity index (χ3v) is 3.33. The van der Waals surface area contributed by atoms with Gasteiger partial charge in [0.25, 0.3) is 5.91 Å². The maximum absolute atomic E-state index is 12.5. The minimum absolute atomic E-state index is 0.204. The normalized spacial score (nSPS) is 16.6. The van der Waals surface area contributed by atoms with E-state index in [0.29, 0.717) is 17.1 Å². The van der Waals surface area contributed by atoms with Gasteiger partial charge in [0.05, 0.1) is 5.56 Å². The summed E-state index contributed by atoms with van der Waals surface area (Å²) in [4.78, 5) is 11.5. The molecule has 2 heterocycles. The molecule has 0 spiro atoms. The van der Waals surface area contributed by atoms with E-state index in [0.717, 1.165) is 12.1 Å². The van der Waals surface area contributed by atoms with Gasteiger partial charge in [-0.05, 0) is 36.5 Å². The molecule has 23 heavy (non-hydrogen) atoms. The van der Waals surface area contributed by atoms with Crippen molar-refractivity contribution in [3.8, 4) is 11.3 Å². The maximum atomic E-state index is 12.5. The summed E-state index contributed by atoms with van der Waals surface area (Å²) >= 11 is 4.81. The average molecular weight is 338 g/mol. The Morgan fingerprint density at radius 3 is 2.30 bits per heavy atom. The fourth-order valence-corrected chi connectivity index (χ4v) is 2.24. The van der Waals surface area contributed by atoms with Crippen LogP contribution in [0.4, 0.5) is 13.2 Å². The summed E-state index contributed by atoms with van der Waals surface area (Å²) in [5.41, 5.74) is 0.0146. The molecule has 0 saturated carbocycles. The number of halogens is 3. The summed E-state index contributed by atoms with van der Waals surface area (Å²) in [7, 11) is 0. The van der Waals surface area contributed by atoms with E-state index in [9.17, 15) is 18.0 Å². The lowest BCUT2D eigenvalue weighted by atomic mass is 10.1. The molecule has 2 aromatic rings. The quantitative estimate of drug-likeness (QED) is 0.652. The summed E-state index contributed by atoms with van der Waals surface area (Å²) in [5.74, 6) is 0.399. The van der Waals surface area contributed by atoms with Crippen molar-refractivity contribution in [2.75, 3.05) is 0 Å². The van der Waals surface area contributed by atoms with Crippen molar-refractivity contribution in [2.24, 2.45) is 0 Å². The third-order valence-electron chi connectivity index (χ3n) is 3.13. The molecule has 1 aliphatic rings. The molecule has 1 amide bonds. The molecule has 0 aliphatic carbocycles. The topological polar surface area (TPSA) is 54.3 Å². The highest BCUT2D eigenvalue weighted by Crippen LogP contribution is 2.31. The van der Waals surface area contributed by atoms with E-state index in [4.69, 9.17) is 16.6 Å². The molecule has 4 nitrogen and oxygen atoms in total. The number of benzene rings is 1. The van der Waals surface area contributed by atoms with Crippen LogP contribution in [0.25, 0.3) is 17.4 Å². The lowest BCUT2D eigenvalue weighted by Crippen LogP contribution is -2.21. The molecule has 1 aromatic heterocycles. The summed E-state index contributed by atoms with van der Waals surface area (Å²) in [6, 6.07) is 7.85. The Morgan fingerprint density at radius 2 is 1.74 bits per heavy atom. The summed E-state index contributed by atoms with van der Waals surface area (Å²) in [6.45, 7) is 0. The molecule has 8 heteroatoms. The van der Waals surface area contributed by atoms with Gasteiger partial charge >= 0.3 is 6.18 Å². The van der Waals surface area contributed by atoms with E-state index in [2.05, 4.69) is 10.6 Å². The lowest BCUT2D eigenvalue weighted by Gasteiger charge is -2.06. The van der Waals surface area contributed by atoms with E-state index in [1.54, 1.807) is 12.1 Å². The van der Waals surface area contributed by atoms with E-state index < -0.39 is 11.7 Å². The molecule has 0 bridgehead atoms. The molecule has 0 unspecified atom stereocenters. The second kappa shape index (κ2) is 5.54. The molecule has 2 N–H and O–H groups in total. The van der Waals surface area contributed by atoms with E-state index >= 15 is 0 Å². The largest absolute Gasteiger partial charge is 0.457 e. The Morgan fingerprint density at radius 1 is 1.04 bits per heavy atom. The number of furan rings is 1. The van der Waals surface area contributed by atoms with Gasteiger partial charge in [-0.15, -0.1) is 0 Å². The van der Waals surface area contributed by atoms with Gasteiger partial charge in [-0.2, -0.15) is 13.2 Å². The van der Waals surface area contributed by atoms with Crippen LogP contribution in [0.15, 0.2) is 46.5 Å². The maximum Gasteiger partial charge on any atom is 0.416 e. The zero-order valence-electron chi connectivity index (χ0n) is 11.4. The predicted octanol–water partition coefficient (Wildman–Crippen LogP) is 3.31. The molecule has 0 atom stereocenters.